The lowest BCUT2D eigenvalue weighted by Crippen LogP contribution is -2.36. The summed E-state index contributed by atoms with van der Waals surface area (Å²) in [6.45, 7) is 1.47. The average molecular weight is 368 g/mol. The van der Waals surface area contributed by atoms with Gasteiger partial charge in [-0.15, -0.1) is 0 Å². The molecule has 0 saturated carbocycles. The van der Waals surface area contributed by atoms with Crippen LogP contribution in [0.5, 0.6) is 0 Å². The van der Waals surface area contributed by atoms with Gasteiger partial charge in [0.05, 0.1) is 0 Å². The molecule has 0 unspecified atom stereocenters. The standard InChI is InChI=1S/C7H10F6O6S2/c1-2-3-4-5(18-20(14,15)6(8,9)10)19-21(16,17)7(11,12)13/h5H,2-4H2,1H3. The molecule has 6 nitrogen and oxygen atoms in total. The molecule has 21 heavy (non-hydrogen) atoms. The van der Waals surface area contributed by atoms with Gasteiger partial charge < -0.3 is 0 Å². The highest BCUT2D eigenvalue weighted by Gasteiger charge is 2.52. The minimum Gasteiger partial charge on any atom is -0.230 e. The first-order valence-electron chi connectivity index (χ1n) is 5.13. The fraction of sp³-hybridized carbons (Fsp3) is 1.00. The van der Waals surface area contributed by atoms with Gasteiger partial charge in [0.2, 0.25) is 0 Å². The van der Waals surface area contributed by atoms with Crippen molar-refractivity contribution in [2.45, 2.75) is 43.5 Å². The third kappa shape index (κ3) is 5.96. The maximum Gasteiger partial charge on any atom is 0.523 e. The topological polar surface area (TPSA) is 86.7 Å². The van der Waals surface area contributed by atoms with E-state index in [1.165, 1.54) is 6.92 Å². The van der Waals surface area contributed by atoms with Crippen LogP contribution in [-0.2, 0) is 28.6 Å². The van der Waals surface area contributed by atoms with Crippen LogP contribution in [0.2, 0.25) is 0 Å². The van der Waals surface area contributed by atoms with Crippen LogP contribution in [0.4, 0.5) is 26.3 Å². The van der Waals surface area contributed by atoms with E-state index in [-0.39, 0.29) is 12.8 Å². The molecule has 0 fully saturated rings. The van der Waals surface area contributed by atoms with Gasteiger partial charge in [-0.1, -0.05) is 13.3 Å². The van der Waals surface area contributed by atoms with E-state index in [1.807, 2.05) is 0 Å². The van der Waals surface area contributed by atoms with Gasteiger partial charge in [-0.2, -0.15) is 43.2 Å². The Kier molecular flexibility index (Phi) is 6.47. The molecule has 0 aromatic carbocycles. The highest BCUT2D eigenvalue weighted by molar-refractivity contribution is 7.88. The van der Waals surface area contributed by atoms with Gasteiger partial charge in [0.15, 0.2) is 6.29 Å². The summed E-state index contributed by atoms with van der Waals surface area (Å²) in [4.78, 5) is 0. The van der Waals surface area contributed by atoms with Gasteiger partial charge in [0.1, 0.15) is 0 Å². The van der Waals surface area contributed by atoms with Gasteiger partial charge in [-0.3, -0.25) is 0 Å². The molecule has 0 N–H and O–H groups in total. The van der Waals surface area contributed by atoms with Gasteiger partial charge in [-0.25, -0.2) is 8.37 Å². The minimum atomic E-state index is -6.30. The summed E-state index contributed by atoms with van der Waals surface area (Å²) in [6, 6.07) is 0. The zero-order valence-corrected chi connectivity index (χ0v) is 11.9. The Balaban J connectivity index is 5.26. The van der Waals surface area contributed by atoms with E-state index in [2.05, 4.69) is 8.37 Å². The van der Waals surface area contributed by atoms with Crippen LogP contribution in [0.3, 0.4) is 0 Å². The highest BCUT2D eigenvalue weighted by atomic mass is 32.2. The van der Waals surface area contributed by atoms with Crippen LogP contribution in [0.1, 0.15) is 26.2 Å². The third-order valence-electron chi connectivity index (χ3n) is 1.83. The molecule has 0 spiro atoms. The molecule has 0 aliphatic rings. The molecule has 0 heterocycles. The highest BCUT2D eigenvalue weighted by Crippen LogP contribution is 2.30. The summed E-state index contributed by atoms with van der Waals surface area (Å²) < 4.78 is 122. The first kappa shape index (κ1) is 20.4. The molecule has 0 radical (unpaired) electrons. The molecule has 0 aliphatic heterocycles. The monoisotopic (exact) mass is 368 g/mol. The summed E-state index contributed by atoms with van der Waals surface area (Å²) in [5, 5.41) is 0. The van der Waals surface area contributed by atoms with Crippen molar-refractivity contribution in [1.29, 1.82) is 0 Å². The second-order valence-corrected chi connectivity index (χ2v) is 6.69. The fourth-order valence-electron chi connectivity index (χ4n) is 0.875. The quantitative estimate of drug-likeness (QED) is 0.296. The SMILES string of the molecule is CCCCC(OS(=O)(=O)C(F)(F)F)OS(=O)(=O)C(F)(F)F. The Morgan fingerprint density at radius 2 is 1.19 bits per heavy atom. The maximum atomic E-state index is 12.0. The molecule has 0 atom stereocenters. The number of hydrogen-bond donors (Lipinski definition) is 0. The maximum absolute atomic E-state index is 12.0. The van der Waals surface area contributed by atoms with Crippen molar-refractivity contribution in [2.75, 3.05) is 0 Å². The molecular weight excluding hydrogens is 358 g/mol. The molecule has 0 aromatic rings. The van der Waals surface area contributed by atoms with E-state index in [4.69, 9.17) is 0 Å². The number of unbranched alkanes of at least 4 members (excludes halogenated alkanes) is 1. The first-order chi connectivity index (χ1) is 9.14. The van der Waals surface area contributed by atoms with Gasteiger partial charge in [0, 0.05) is 6.42 Å². The average Bonchev–Trinajstić information content (AvgIpc) is 2.21. The van der Waals surface area contributed by atoms with Crippen molar-refractivity contribution in [3.63, 3.8) is 0 Å². The summed E-state index contributed by atoms with van der Waals surface area (Å²) in [5.74, 6) is 0. The molecule has 0 bridgehead atoms. The van der Waals surface area contributed by atoms with Crippen molar-refractivity contribution >= 4 is 20.2 Å². The predicted octanol–water partition coefficient (Wildman–Crippen LogP) is 2.24. The first-order valence-corrected chi connectivity index (χ1v) is 7.95. The van der Waals surface area contributed by atoms with E-state index in [0.717, 1.165) is 0 Å². The largest absolute Gasteiger partial charge is 0.523 e. The molecule has 128 valence electrons. The molecule has 0 aromatic heterocycles. The zero-order chi connectivity index (χ0) is 17.1. The normalized spacial score (nSPS) is 14.7. The zero-order valence-electron chi connectivity index (χ0n) is 10.2. The summed E-state index contributed by atoms with van der Waals surface area (Å²) >= 11 is 0. The molecule has 0 rings (SSSR count). The van der Waals surface area contributed by atoms with Crippen molar-refractivity contribution in [3.05, 3.63) is 0 Å². The number of hydrogen-bond acceptors (Lipinski definition) is 6. The lowest BCUT2D eigenvalue weighted by atomic mass is 10.2. The minimum absolute atomic E-state index is 0.134. The number of rotatable bonds is 7. The molecule has 0 amide bonds. The Labute approximate surface area is 116 Å². The third-order valence-corrected chi connectivity index (χ3v) is 3.90. The van der Waals surface area contributed by atoms with E-state index in [0.29, 0.717) is 0 Å². The van der Waals surface area contributed by atoms with Gasteiger partial charge in [0.25, 0.3) is 0 Å². The van der Waals surface area contributed by atoms with Crippen LogP contribution in [0.15, 0.2) is 0 Å². The van der Waals surface area contributed by atoms with Gasteiger partial charge in [-0.05, 0) is 6.42 Å². The predicted molar refractivity (Wildman–Crippen MR) is 55.4 cm³/mol. The lowest BCUT2D eigenvalue weighted by Gasteiger charge is -2.19. The lowest BCUT2D eigenvalue weighted by molar-refractivity contribution is -0.0877. The summed E-state index contributed by atoms with van der Waals surface area (Å²) in [6.07, 6.45) is -3.49. The molecule has 14 heteroatoms. The number of alkyl halides is 6. The van der Waals surface area contributed by atoms with Crippen LogP contribution in [0.25, 0.3) is 0 Å². The Bertz CT molecular complexity index is 487. The molecule has 0 saturated heterocycles. The second-order valence-electron chi connectivity index (χ2n) is 3.56. The summed E-state index contributed by atoms with van der Waals surface area (Å²) in [5.41, 5.74) is -11.9. The van der Waals surface area contributed by atoms with Crippen molar-refractivity contribution in [3.8, 4) is 0 Å². The smallest absolute Gasteiger partial charge is 0.230 e. The fourth-order valence-corrected chi connectivity index (χ4v) is 1.98. The van der Waals surface area contributed by atoms with E-state index in [9.17, 15) is 43.2 Å². The number of halogens is 6. The van der Waals surface area contributed by atoms with E-state index < -0.39 is 44.0 Å². The molecule has 0 aliphatic carbocycles. The van der Waals surface area contributed by atoms with Crippen LogP contribution in [-0.4, -0.2) is 34.1 Å². The Morgan fingerprint density at radius 1 is 0.857 bits per heavy atom. The van der Waals surface area contributed by atoms with Crippen LogP contribution >= 0.6 is 0 Å². The van der Waals surface area contributed by atoms with Crippen molar-refractivity contribution in [1.82, 2.24) is 0 Å². The van der Waals surface area contributed by atoms with Gasteiger partial charge >= 0.3 is 31.3 Å². The molecular formula is C7H10F6O6S2. The second kappa shape index (κ2) is 6.66. The van der Waals surface area contributed by atoms with E-state index in [1.54, 1.807) is 0 Å². The Morgan fingerprint density at radius 3 is 1.43 bits per heavy atom. The van der Waals surface area contributed by atoms with Crippen molar-refractivity contribution in [2.24, 2.45) is 0 Å². The Hall–Kier alpha value is -0.600. The summed E-state index contributed by atoms with van der Waals surface area (Å²) in [7, 11) is -12.6. The van der Waals surface area contributed by atoms with Crippen LogP contribution in [0, 0.1) is 0 Å². The van der Waals surface area contributed by atoms with E-state index >= 15 is 0 Å². The van der Waals surface area contributed by atoms with Crippen molar-refractivity contribution < 1.29 is 51.5 Å². The van der Waals surface area contributed by atoms with Crippen LogP contribution < -0.4 is 0 Å².